The quantitative estimate of drug-likeness (QED) is 0.544. The van der Waals surface area contributed by atoms with E-state index in [1.54, 1.807) is 6.33 Å². The number of rotatable bonds is 7. The summed E-state index contributed by atoms with van der Waals surface area (Å²) in [5, 5.41) is 4.77. The molecule has 0 bridgehead atoms. The molecule has 2 aliphatic rings. The van der Waals surface area contributed by atoms with Crippen LogP contribution >= 0.6 is 0 Å². The van der Waals surface area contributed by atoms with E-state index in [2.05, 4.69) is 35.7 Å². The Hall–Kier alpha value is -1.28. The topological polar surface area (TPSA) is 61.2 Å². The van der Waals surface area contributed by atoms with Gasteiger partial charge in [-0.25, -0.2) is 9.97 Å². The van der Waals surface area contributed by atoms with Gasteiger partial charge in [0.1, 0.15) is 18.7 Å². The molecule has 6 nitrogen and oxygen atoms in total. The minimum absolute atomic E-state index is 0.518. The summed E-state index contributed by atoms with van der Waals surface area (Å²) in [7, 11) is -1.08. The molecule has 2 aliphatic heterocycles. The van der Waals surface area contributed by atoms with Gasteiger partial charge in [0.2, 0.25) is 0 Å². The minimum Gasteiger partial charge on any atom is -0.381 e. The summed E-state index contributed by atoms with van der Waals surface area (Å²) >= 11 is 0. The Morgan fingerprint density at radius 3 is 2.59 bits per heavy atom. The summed E-state index contributed by atoms with van der Waals surface area (Å²) in [5.41, 5.74) is 3.70. The molecule has 29 heavy (non-hydrogen) atoms. The van der Waals surface area contributed by atoms with Gasteiger partial charge in [-0.3, -0.25) is 0 Å². The predicted octanol–water partition coefficient (Wildman–Crippen LogP) is 4.10. The molecule has 7 heteroatoms. The maximum atomic E-state index is 6.09. The van der Waals surface area contributed by atoms with E-state index in [0.29, 0.717) is 18.6 Å². The third-order valence-corrected chi connectivity index (χ3v) is 8.03. The lowest BCUT2D eigenvalue weighted by atomic mass is 9.87. The highest BCUT2D eigenvalue weighted by Gasteiger charge is 2.27. The van der Waals surface area contributed by atoms with Crippen LogP contribution in [0.25, 0.3) is 11.0 Å². The zero-order valence-corrected chi connectivity index (χ0v) is 19.2. The van der Waals surface area contributed by atoms with Gasteiger partial charge in [0, 0.05) is 45.4 Å². The molecule has 4 rings (SSSR count). The molecule has 2 aromatic heterocycles. The third kappa shape index (κ3) is 5.07. The maximum absolute atomic E-state index is 6.09. The SMILES string of the molecule is C[Si](C)(C)CCOCn1cc(C2CCOCC2)c2c(C3CCNCC3)ncnc21. The molecule has 1 N–H and O–H groups in total. The molecular weight excluding hydrogens is 380 g/mol. The summed E-state index contributed by atoms with van der Waals surface area (Å²) in [6.45, 7) is 12.4. The molecule has 160 valence electrons. The normalized spacial score (nSPS) is 19.8. The van der Waals surface area contributed by atoms with Gasteiger partial charge in [0.05, 0.1) is 5.69 Å². The van der Waals surface area contributed by atoms with Crippen molar-refractivity contribution >= 4 is 19.1 Å². The lowest BCUT2D eigenvalue weighted by Gasteiger charge is -2.25. The van der Waals surface area contributed by atoms with Crippen molar-refractivity contribution in [2.24, 2.45) is 0 Å². The van der Waals surface area contributed by atoms with Gasteiger partial charge in [-0.15, -0.1) is 0 Å². The zero-order chi connectivity index (χ0) is 20.3. The van der Waals surface area contributed by atoms with E-state index in [1.807, 2.05) is 0 Å². The summed E-state index contributed by atoms with van der Waals surface area (Å²) in [6.07, 6.45) is 8.52. The minimum atomic E-state index is -1.08. The lowest BCUT2D eigenvalue weighted by molar-refractivity contribution is 0.0840. The van der Waals surface area contributed by atoms with Gasteiger partial charge in [-0.1, -0.05) is 19.6 Å². The van der Waals surface area contributed by atoms with Gasteiger partial charge < -0.3 is 19.4 Å². The Labute approximate surface area is 175 Å². The first-order valence-corrected chi connectivity index (χ1v) is 14.9. The average Bonchev–Trinajstić information content (AvgIpc) is 3.11. The Morgan fingerprint density at radius 2 is 1.86 bits per heavy atom. The second-order valence-corrected chi connectivity index (χ2v) is 15.4. The van der Waals surface area contributed by atoms with E-state index >= 15 is 0 Å². The first-order valence-electron chi connectivity index (χ1n) is 11.2. The van der Waals surface area contributed by atoms with Crippen LogP contribution in [0.2, 0.25) is 25.7 Å². The molecule has 0 radical (unpaired) electrons. The van der Waals surface area contributed by atoms with Crippen molar-refractivity contribution in [1.29, 1.82) is 0 Å². The molecule has 2 fully saturated rings. The van der Waals surface area contributed by atoms with Crippen LogP contribution in [0.1, 0.15) is 48.8 Å². The van der Waals surface area contributed by atoms with Gasteiger partial charge >= 0.3 is 0 Å². The fraction of sp³-hybridized carbons (Fsp3) is 0.727. The number of hydrogen-bond donors (Lipinski definition) is 1. The number of piperidine rings is 1. The Kier molecular flexibility index (Phi) is 6.68. The molecule has 2 aromatic rings. The highest BCUT2D eigenvalue weighted by molar-refractivity contribution is 6.76. The first kappa shape index (κ1) is 21.0. The van der Waals surface area contributed by atoms with Crippen molar-refractivity contribution in [3.63, 3.8) is 0 Å². The number of ether oxygens (including phenoxy) is 2. The van der Waals surface area contributed by atoms with E-state index in [4.69, 9.17) is 19.4 Å². The highest BCUT2D eigenvalue weighted by atomic mass is 28.3. The molecule has 2 saturated heterocycles. The standard InChI is InChI=1S/C22H36N4O2Si/c1-29(2,3)13-12-28-16-26-14-19(17-6-10-27-11-7-17)20-21(24-15-25-22(20)26)18-4-8-23-9-5-18/h14-15,17-18,23H,4-13,16H2,1-3H3. The molecule has 0 amide bonds. The number of fused-ring (bicyclic) bond motifs is 1. The monoisotopic (exact) mass is 416 g/mol. The molecule has 0 atom stereocenters. The number of hydrogen-bond acceptors (Lipinski definition) is 5. The average molecular weight is 417 g/mol. The summed E-state index contributed by atoms with van der Waals surface area (Å²) < 4.78 is 13.9. The molecular formula is C22H36N4O2Si. The maximum Gasteiger partial charge on any atom is 0.145 e. The smallest absolute Gasteiger partial charge is 0.145 e. The molecule has 0 saturated carbocycles. The van der Waals surface area contributed by atoms with Crippen molar-refractivity contribution < 1.29 is 9.47 Å². The number of nitrogens with one attached hydrogen (secondary N) is 1. The number of nitrogens with zero attached hydrogens (tertiary/aromatic N) is 3. The van der Waals surface area contributed by atoms with Gasteiger partial charge in [-0.2, -0.15) is 0 Å². The van der Waals surface area contributed by atoms with Crippen molar-refractivity contribution in [1.82, 2.24) is 19.9 Å². The van der Waals surface area contributed by atoms with Crippen LogP contribution in [-0.2, 0) is 16.2 Å². The van der Waals surface area contributed by atoms with Crippen LogP contribution in [0.15, 0.2) is 12.5 Å². The summed E-state index contributed by atoms with van der Waals surface area (Å²) in [4.78, 5) is 9.52. The van der Waals surface area contributed by atoms with Gasteiger partial charge in [0.15, 0.2) is 0 Å². The number of aromatic nitrogens is 3. The molecule has 0 spiro atoms. The summed E-state index contributed by atoms with van der Waals surface area (Å²) in [5.74, 6) is 1.05. The van der Waals surface area contributed by atoms with E-state index in [1.165, 1.54) is 22.7 Å². The second kappa shape index (κ2) is 9.25. The van der Waals surface area contributed by atoms with E-state index in [0.717, 1.165) is 64.2 Å². The van der Waals surface area contributed by atoms with Crippen LogP contribution in [0.4, 0.5) is 0 Å². The first-order chi connectivity index (χ1) is 14.0. The van der Waals surface area contributed by atoms with Gasteiger partial charge in [0.25, 0.3) is 0 Å². The van der Waals surface area contributed by atoms with Crippen LogP contribution < -0.4 is 5.32 Å². The second-order valence-electron chi connectivity index (χ2n) is 9.77. The van der Waals surface area contributed by atoms with Crippen LogP contribution in [0, 0.1) is 0 Å². The fourth-order valence-electron chi connectivity index (χ4n) is 4.54. The Morgan fingerprint density at radius 1 is 1.10 bits per heavy atom. The van der Waals surface area contributed by atoms with Crippen molar-refractivity contribution in [3.05, 3.63) is 23.8 Å². The van der Waals surface area contributed by atoms with Crippen molar-refractivity contribution in [3.8, 4) is 0 Å². The van der Waals surface area contributed by atoms with E-state index < -0.39 is 8.07 Å². The van der Waals surface area contributed by atoms with Crippen molar-refractivity contribution in [2.75, 3.05) is 32.9 Å². The van der Waals surface area contributed by atoms with Gasteiger partial charge in [-0.05, 0) is 56.3 Å². The Bertz CT molecular complexity index is 805. The molecule has 0 aromatic carbocycles. The van der Waals surface area contributed by atoms with E-state index in [-0.39, 0.29) is 0 Å². The van der Waals surface area contributed by atoms with Crippen LogP contribution in [0.3, 0.4) is 0 Å². The predicted molar refractivity (Wildman–Crippen MR) is 119 cm³/mol. The molecule has 0 aliphatic carbocycles. The lowest BCUT2D eigenvalue weighted by Crippen LogP contribution is -2.27. The summed E-state index contributed by atoms with van der Waals surface area (Å²) in [6, 6.07) is 1.19. The van der Waals surface area contributed by atoms with E-state index in [9.17, 15) is 0 Å². The van der Waals surface area contributed by atoms with Crippen LogP contribution in [0.5, 0.6) is 0 Å². The van der Waals surface area contributed by atoms with Crippen molar-refractivity contribution in [2.45, 2.75) is 69.9 Å². The fourth-order valence-corrected chi connectivity index (χ4v) is 5.30. The largest absolute Gasteiger partial charge is 0.381 e. The zero-order valence-electron chi connectivity index (χ0n) is 18.2. The van der Waals surface area contributed by atoms with Crippen LogP contribution in [-0.4, -0.2) is 55.5 Å². The Balaban J connectivity index is 1.65. The molecule has 0 unspecified atom stereocenters. The highest BCUT2D eigenvalue weighted by Crippen LogP contribution is 2.38. The molecule has 4 heterocycles. The third-order valence-electron chi connectivity index (χ3n) is 6.33.